The maximum Gasteiger partial charge on any atom is 0.251 e. The Hall–Kier alpha value is -1.83. The number of sulfonamides is 1. The molecule has 2 aromatic carbocycles. The third kappa shape index (κ3) is 5.84. The van der Waals surface area contributed by atoms with Crippen LogP contribution in [0.1, 0.15) is 35.7 Å². The van der Waals surface area contributed by atoms with E-state index in [0.717, 1.165) is 23.5 Å². The number of carbonyl (C=O) groups is 1. The summed E-state index contributed by atoms with van der Waals surface area (Å²) in [5, 5.41) is 2.88. The highest BCUT2D eigenvalue weighted by molar-refractivity contribution is 7.99. The van der Waals surface area contributed by atoms with Crippen LogP contribution in [0.2, 0.25) is 0 Å². The first-order chi connectivity index (χ1) is 13.9. The van der Waals surface area contributed by atoms with Crippen LogP contribution in [0.4, 0.5) is 0 Å². The second-order valence-corrected chi connectivity index (χ2v) is 10.6. The number of amides is 1. The maximum atomic E-state index is 12.9. The highest BCUT2D eigenvalue weighted by atomic mass is 32.2. The molecule has 0 spiro atoms. The van der Waals surface area contributed by atoms with Gasteiger partial charge in [-0.1, -0.05) is 30.7 Å². The molecule has 7 heteroatoms. The van der Waals surface area contributed by atoms with Crippen molar-refractivity contribution in [2.24, 2.45) is 5.92 Å². The van der Waals surface area contributed by atoms with E-state index in [4.69, 9.17) is 0 Å². The number of benzene rings is 2. The van der Waals surface area contributed by atoms with E-state index in [1.54, 1.807) is 30.0 Å². The standard InChI is InChI=1S/C22H28N2O3S2/c1-17-6-8-20(9-7-17)28-15-12-23-22(25)19-4-3-5-21(16-19)29(26,27)24-13-10-18(2)11-14-24/h3-9,16,18H,10-15H2,1-2H3,(H,23,25). The lowest BCUT2D eigenvalue weighted by molar-refractivity contribution is 0.0956. The van der Waals surface area contributed by atoms with Crippen LogP contribution in [0.3, 0.4) is 0 Å². The van der Waals surface area contributed by atoms with Crippen LogP contribution in [0, 0.1) is 12.8 Å². The van der Waals surface area contributed by atoms with Gasteiger partial charge in [-0.05, 0) is 56.0 Å². The summed E-state index contributed by atoms with van der Waals surface area (Å²) in [7, 11) is -3.56. The molecule has 1 aliphatic rings. The summed E-state index contributed by atoms with van der Waals surface area (Å²) in [4.78, 5) is 13.8. The van der Waals surface area contributed by atoms with Crippen LogP contribution in [-0.4, -0.2) is 44.0 Å². The SMILES string of the molecule is Cc1ccc(SCCNC(=O)c2cccc(S(=O)(=O)N3CCC(C)CC3)c2)cc1. The first-order valence-corrected chi connectivity index (χ1v) is 12.4. The summed E-state index contributed by atoms with van der Waals surface area (Å²) in [5.74, 6) is 1.05. The van der Waals surface area contributed by atoms with Crippen molar-refractivity contribution in [3.63, 3.8) is 0 Å². The minimum atomic E-state index is -3.56. The van der Waals surface area contributed by atoms with Crippen molar-refractivity contribution in [1.29, 1.82) is 0 Å². The molecular formula is C22H28N2O3S2. The number of thioether (sulfide) groups is 1. The maximum absolute atomic E-state index is 12.9. The zero-order valence-corrected chi connectivity index (χ0v) is 18.6. The smallest absolute Gasteiger partial charge is 0.251 e. The summed E-state index contributed by atoms with van der Waals surface area (Å²) in [5.41, 5.74) is 1.59. The Bertz CT molecular complexity index is 935. The Morgan fingerprint density at radius 2 is 1.83 bits per heavy atom. The molecule has 0 aromatic heterocycles. The fraction of sp³-hybridized carbons (Fsp3) is 0.409. The monoisotopic (exact) mass is 432 g/mol. The number of aryl methyl sites for hydroxylation is 1. The molecule has 0 radical (unpaired) electrons. The van der Waals surface area contributed by atoms with E-state index in [2.05, 4.69) is 43.4 Å². The van der Waals surface area contributed by atoms with Gasteiger partial charge >= 0.3 is 0 Å². The minimum absolute atomic E-state index is 0.189. The average molecular weight is 433 g/mol. The number of rotatable bonds is 7. The number of piperidine rings is 1. The number of nitrogens with zero attached hydrogens (tertiary/aromatic N) is 1. The predicted octanol–water partition coefficient (Wildman–Crippen LogP) is 3.94. The third-order valence-corrected chi connectivity index (χ3v) is 8.06. The molecule has 2 aromatic rings. The van der Waals surface area contributed by atoms with Gasteiger partial charge in [0.05, 0.1) is 4.90 Å². The van der Waals surface area contributed by atoms with Crippen LogP contribution < -0.4 is 5.32 Å². The molecule has 5 nitrogen and oxygen atoms in total. The molecule has 1 amide bonds. The first kappa shape index (κ1) is 21.9. The second kappa shape index (κ2) is 9.78. The Morgan fingerprint density at radius 1 is 1.14 bits per heavy atom. The molecule has 1 fully saturated rings. The van der Waals surface area contributed by atoms with Crippen LogP contribution in [0.25, 0.3) is 0 Å². The molecule has 3 rings (SSSR count). The highest BCUT2D eigenvalue weighted by Gasteiger charge is 2.28. The molecule has 0 bridgehead atoms. The Morgan fingerprint density at radius 3 is 2.52 bits per heavy atom. The lowest BCUT2D eigenvalue weighted by Gasteiger charge is -2.29. The molecule has 1 saturated heterocycles. The molecule has 0 aliphatic carbocycles. The molecule has 0 atom stereocenters. The fourth-order valence-corrected chi connectivity index (χ4v) is 5.53. The third-order valence-electron chi connectivity index (χ3n) is 5.15. The zero-order chi connectivity index (χ0) is 20.9. The van der Waals surface area contributed by atoms with Crippen molar-refractivity contribution < 1.29 is 13.2 Å². The van der Waals surface area contributed by atoms with Crippen LogP contribution in [0.5, 0.6) is 0 Å². The number of nitrogens with one attached hydrogen (secondary N) is 1. The highest BCUT2D eigenvalue weighted by Crippen LogP contribution is 2.24. The fourth-order valence-electron chi connectivity index (χ4n) is 3.24. The number of hydrogen-bond donors (Lipinski definition) is 1. The van der Waals surface area contributed by atoms with E-state index in [9.17, 15) is 13.2 Å². The lowest BCUT2D eigenvalue weighted by atomic mass is 10.0. The Kier molecular flexibility index (Phi) is 7.38. The van der Waals surface area contributed by atoms with Gasteiger partial charge in [-0.25, -0.2) is 8.42 Å². The van der Waals surface area contributed by atoms with Gasteiger partial charge in [-0.2, -0.15) is 4.31 Å². The van der Waals surface area contributed by atoms with Gasteiger partial charge in [-0.3, -0.25) is 4.79 Å². The summed E-state index contributed by atoms with van der Waals surface area (Å²) in [6, 6.07) is 14.6. The molecule has 1 heterocycles. The average Bonchev–Trinajstić information content (AvgIpc) is 2.73. The van der Waals surface area contributed by atoms with Crippen molar-refractivity contribution >= 4 is 27.7 Å². The normalized spacial score (nSPS) is 15.9. The summed E-state index contributed by atoms with van der Waals surface area (Å²) >= 11 is 1.68. The van der Waals surface area contributed by atoms with Crippen molar-refractivity contribution in [3.05, 3.63) is 59.7 Å². The largest absolute Gasteiger partial charge is 0.351 e. The van der Waals surface area contributed by atoms with E-state index in [1.807, 2.05) is 0 Å². The Balaban J connectivity index is 1.56. The molecule has 1 aliphatic heterocycles. The van der Waals surface area contributed by atoms with Crippen molar-refractivity contribution in [3.8, 4) is 0 Å². The zero-order valence-electron chi connectivity index (χ0n) is 16.9. The van der Waals surface area contributed by atoms with Gasteiger partial charge in [0.25, 0.3) is 5.91 Å². The first-order valence-electron chi connectivity index (χ1n) is 9.94. The van der Waals surface area contributed by atoms with Crippen LogP contribution in [0.15, 0.2) is 58.3 Å². The van der Waals surface area contributed by atoms with Gasteiger partial charge in [0.2, 0.25) is 10.0 Å². The van der Waals surface area contributed by atoms with E-state index in [-0.39, 0.29) is 10.8 Å². The van der Waals surface area contributed by atoms with Crippen molar-refractivity contribution in [1.82, 2.24) is 9.62 Å². The van der Waals surface area contributed by atoms with E-state index < -0.39 is 10.0 Å². The van der Waals surface area contributed by atoms with E-state index in [1.165, 1.54) is 15.9 Å². The molecule has 1 N–H and O–H groups in total. The van der Waals surface area contributed by atoms with Crippen molar-refractivity contribution in [2.75, 3.05) is 25.4 Å². The van der Waals surface area contributed by atoms with Crippen molar-refractivity contribution in [2.45, 2.75) is 36.5 Å². The quantitative estimate of drug-likeness (QED) is 0.532. The summed E-state index contributed by atoms with van der Waals surface area (Å²) in [6.45, 7) is 5.78. The summed E-state index contributed by atoms with van der Waals surface area (Å²) < 4.78 is 27.3. The minimum Gasteiger partial charge on any atom is -0.351 e. The van der Waals surface area contributed by atoms with Gasteiger partial charge in [-0.15, -0.1) is 11.8 Å². The lowest BCUT2D eigenvalue weighted by Crippen LogP contribution is -2.38. The number of hydrogen-bond acceptors (Lipinski definition) is 4. The Labute approximate surface area is 177 Å². The molecule has 29 heavy (non-hydrogen) atoms. The topological polar surface area (TPSA) is 66.5 Å². The molecule has 0 saturated carbocycles. The molecule has 0 unspecified atom stereocenters. The van der Waals surface area contributed by atoms with Gasteiger partial charge < -0.3 is 5.32 Å². The van der Waals surface area contributed by atoms with Crippen LogP contribution in [-0.2, 0) is 10.0 Å². The summed E-state index contributed by atoms with van der Waals surface area (Å²) in [6.07, 6.45) is 1.75. The molecule has 156 valence electrons. The van der Waals surface area contributed by atoms with E-state index in [0.29, 0.717) is 31.1 Å². The van der Waals surface area contributed by atoms with E-state index >= 15 is 0 Å². The predicted molar refractivity (Wildman–Crippen MR) is 118 cm³/mol. The molecular weight excluding hydrogens is 404 g/mol. The van der Waals surface area contributed by atoms with Crippen LogP contribution >= 0.6 is 11.8 Å². The van der Waals surface area contributed by atoms with Gasteiger partial charge in [0.1, 0.15) is 0 Å². The van der Waals surface area contributed by atoms with Gasteiger partial charge in [0, 0.05) is 35.8 Å². The number of carbonyl (C=O) groups excluding carboxylic acids is 1. The van der Waals surface area contributed by atoms with Gasteiger partial charge in [0.15, 0.2) is 0 Å². The second-order valence-electron chi connectivity index (χ2n) is 7.53.